The van der Waals surface area contributed by atoms with Crippen LogP contribution in [0.3, 0.4) is 0 Å². The molecule has 1 saturated carbocycles. The average molecular weight is 272 g/mol. The van der Waals surface area contributed by atoms with Crippen molar-refractivity contribution in [2.24, 2.45) is 0 Å². The summed E-state index contributed by atoms with van der Waals surface area (Å²) in [6.07, 6.45) is 1.99. The number of aryl methyl sites for hydroxylation is 1. The smallest absolute Gasteiger partial charge is 0.299 e. The molecule has 1 N–H and O–H groups in total. The van der Waals surface area contributed by atoms with Gasteiger partial charge in [-0.2, -0.15) is 0 Å². The van der Waals surface area contributed by atoms with Gasteiger partial charge in [-0.3, -0.25) is 19.3 Å². The second-order valence-electron chi connectivity index (χ2n) is 5.47. The predicted molar refractivity (Wildman–Crippen MR) is 73.8 cm³/mol. The van der Waals surface area contributed by atoms with Gasteiger partial charge in [-0.05, 0) is 43.9 Å². The molecule has 0 unspecified atom stereocenters. The highest BCUT2D eigenvalue weighted by atomic mass is 16.2. The highest BCUT2D eigenvalue weighted by Crippen LogP contribution is 2.33. The summed E-state index contributed by atoms with van der Waals surface area (Å²) in [6, 6.07) is 3.73. The molecule has 1 aliphatic carbocycles. The van der Waals surface area contributed by atoms with Gasteiger partial charge in [-0.25, -0.2) is 0 Å². The van der Waals surface area contributed by atoms with Gasteiger partial charge in [-0.1, -0.05) is 6.07 Å². The Labute approximate surface area is 116 Å². The molecule has 20 heavy (non-hydrogen) atoms. The molecule has 3 rings (SSSR count). The predicted octanol–water partition coefficient (Wildman–Crippen LogP) is 1.11. The van der Waals surface area contributed by atoms with Gasteiger partial charge in [0.2, 0.25) is 5.91 Å². The van der Waals surface area contributed by atoms with Crippen molar-refractivity contribution in [3.63, 3.8) is 0 Å². The number of nitrogens with one attached hydrogen (secondary N) is 1. The lowest BCUT2D eigenvalue weighted by Crippen LogP contribution is -2.41. The fourth-order valence-electron chi connectivity index (χ4n) is 2.47. The van der Waals surface area contributed by atoms with Crippen LogP contribution in [0, 0.1) is 13.8 Å². The van der Waals surface area contributed by atoms with Gasteiger partial charge in [0.1, 0.15) is 6.54 Å². The van der Waals surface area contributed by atoms with E-state index in [1.807, 2.05) is 19.9 Å². The summed E-state index contributed by atoms with van der Waals surface area (Å²) in [5.74, 6) is -1.34. The van der Waals surface area contributed by atoms with E-state index in [0.717, 1.165) is 24.0 Å². The van der Waals surface area contributed by atoms with Gasteiger partial charge in [-0.15, -0.1) is 0 Å². The van der Waals surface area contributed by atoms with Gasteiger partial charge in [0.15, 0.2) is 0 Å². The number of carbonyl (C=O) groups excluding carboxylic acids is 3. The first kappa shape index (κ1) is 12.8. The van der Waals surface area contributed by atoms with Crippen molar-refractivity contribution in [3.8, 4) is 0 Å². The van der Waals surface area contributed by atoms with Crippen LogP contribution in [0.5, 0.6) is 0 Å². The summed E-state index contributed by atoms with van der Waals surface area (Å²) >= 11 is 0. The standard InChI is InChI=1S/C15H16N2O3/c1-8-3-6-11-13(9(8)2)17(15(20)14(11)19)7-12(18)16-10-4-5-10/h3,6,10H,4-5,7H2,1-2H3,(H,16,18). The quantitative estimate of drug-likeness (QED) is 0.838. The molecule has 1 aromatic rings. The van der Waals surface area contributed by atoms with Crippen LogP contribution in [0.1, 0.15) is 34.3 Å². The maximum absolute atomic E-state index is 12.1. The lowest BCUT2D eigenvalue weighted by molar-refractivity contribution is -0.122. The number of rotatable bonds is 3. The largest absolute Gasteiger partial charge is 0.352 e. The SMILES string of the molecule is Cc1ccc2c(c1C)N(CC(=O)NC1CC1)C(=O)C2=O. The summed E-state index contributed by atoms with van der Waals surface area (Å²) in [6.45, 7) is 3.70. The number of carbonyl (C=O) groups is 3. The van der Waals surface area contributed by atoms with E-state index in [4.69, 9.17) is 0 Å². The minimum atomic E-state index is -0.611. The number of hydrogen-bond donors (Lipinski definition) is 1. The lowest BCUT2D eigenvalue weighted by atomic mass is 10.0. The topological polar surface area (TPSA) is 66.5 Å². The molecular weight excluding hydrogens is 256 g/mol. The van der Waals surface area contributed by atoms with Crippen LogP contribution in [0.15, 0.2) is 12.1 Å². The number of anilines is 1. The van der Waals surface area contributed by atoms with E-state index in [9.17, 15) is 14.4 Å². The Balaban J connectivity index is 1.92. The van der Waals surface area contributed by atoms with E-state index in [1.165, 1.54) is 4.90 Å². The molecule has 5 nitrogen and oxygen atoms in total. The fourth-order valence-corrected chi connectivity index (χ4v) is 2.47. The first-order chi connectivity index (χ1) is 9.49. The Bertz CT molecular complexity index is 632. The zero-order valence-corrected chi connectivity index (χ0v) is 11.5. The van der Waals surface area contributed by atoms with Crippen molar-refractivity contribution in [1.82, 2.24) is 5.32 Å². The zero-order valence-electron chi connectivity index (χ0n) is 11.5. The van der Waals surface area contributed by atoms with Crippen LogP contribution in [-0.4, -0.2) is 30.2 Å². The molecule has 2 aliphatic rings. The maximum atomic E-state index is 12.1. The van der Waals surface area contributed by atoms with Crippen LogP contribution in [0.25, 0.3) is 0 Å². The van der Waals surface area contributed by atoms with Crippen molar-refractivity contribution in [3.05, 3.63) is 28.8 Å². The summed E-state index contributed by atoms with van der Waals surface area (Å²) in [7, 11) is 0. The van der Waals surface area contributed by atoms with Crippen molar-refractivity contribution in [1.29, 1.82) is 0 Å². The Morgan fingerprint density at radius 1 is 1.30 bits per heavy atom. The van der Waals surface area contributed by atoms with Crippen molar-refractivity contribution in [2.45, 2.75) is 32.7 Å². The third kappa shape index (κ3) is 1.99. The van der Waals surface area contributed by atoms with Crippen LogP contribution < -0.4 is 10.2 Å². The second kappa shape index (κ2) is 4.44. The van der Waals surface area contributed by atoms with E-state index in [1.54, 1.807) is 6.07 Å². The third-order valence-electron chi connectivity index (χ3n) is 3.90. The van der Waals surface area contributed by atoms with Gasteiger partial charge >= 0.3 is 0 Å². The average Bonchev–Trinajstić information content (AvgIpc) is 3.18. The number of hydrogen-bond acceptors (Lipinski definition) is 3. The van der Waals surface area contributed by atoms with Crippen molar-refractivity contribution in [2.75, 3.05) is 11.4 Å². The third-order valence-corrected chi connectivity index (χ3v) is 3.90. The van der Waals surface area contributed by atoms with Crippen molar-refractivity contribution >= 4 is 23.3 Å². The minimum absolute atomic E-state index is 0.0850. The molecule has 104 valence electrons. The summed E-state index contributed by atoms with van der Waals surface area (Å²) in [5, 5.41) is 2.84. The molecule has 1 aromatic carbocycles. The molecule has 5 heteroatoms. The Hall–Kier alpha value is -2.17. The number of Topliss-reactive ketones (excluding diaryl/α,β-unsaturated/α-hetero) is 1. The second-order valence-corrected chi connectivity index (χ2v) is 5.47. The molecule has 0 radical (unpaired) electrons. The monoisotopic (exact) mass is 272 g/mol. The molecule has 0 aromatic heterocycles. The molecule has 1 aliphatic heterocycles. The number of ketones is 1. The summed E-state index contributed by atoms with van der Waals surface area (Å²) in [5.41, 5.74) is 2.86. The molecule has 2 amide bonds. The molecule has 0 saturated heterocycles. The number of amides is 2. The highest BCUT2D eigenvalue weighted by Gasteiger charge is 2.38. The normalized spacial score (nSPS) is 17.4. The fraction of sp³-hybridized carbons (Fsp3) is 0.400. The van der Waals surface area contributed by atoms with E-state index < -0.39 is 11.7 Å². The van der Waals surface area contributed by atoms with E-state index in [0.29, 0.717) is 11.3 Å². The Morgan fingerprint density at radius 2 is 2.00 bits per heavy atom. The molecule has 0 spiro atoms. The van der Waals surface area contributed by atoms with Crippen LogP contribution in [0.4, 0.5) is 5.69 Å². The van der Waals surface area contributed by atoms with E-state index >= 15 is 0 Å². The van der Waals surface area contributed by atoms with Crippen molar-refractivity contribution < 1.29 is 14.4 Å². The number of fused-ring (bicyclic) bond motifs is 1. The van der Waals surface area contributed by atoms with Crippen LogP contribution in [0.2, 0.25) is 0 Å². The molecular formula is C15H16N2O3. The number of nitrogens with zero attached hydrogens (tertiary/aromatic N) is 1. The number of benzene rings is 1. The first-order valence-corrected chi connectivity index (χ1v) is 6.75. The highest BCUT2D eigenvalue weighted by molar-refractivity contribution is 6.52. The molecule has 1 fully saturated rings. The molecule has 0 bridgehead atoms. The summed E-state index contributed by atoms with van der Waals surface area (Å²) < 4.78 is 0. The lowest BCUT2D eigenvalue weighted by Gasteiger charge is -2.19. The Morgan fingerprint density at radius 3 is 2.65 bits per heavy atom. The van der Waals surface area contributed by atoms with E-state index in [2.05, 4.69) is 5.32 Å². The van der Waals surface area contributed by atoms with Gasteiger partial charge in [0, 0.05) is 6.04 Å². The molecule has 0 atom stereocenters. The zero-order chi connectivity index (χ0) is 14.4. The minimum Gasteiger partial charge on any atom is -0.352 e. The van der Waals surface area contributed by atoms with Gasteiger partial charge in [0.25, 0.3) is 11.7 Å². The first-order valence-electron chi connectivity index (χ1n) is 6.75. The van der Waals surface area contributed by atoms with Crippen LogP contribution >= 0.6 is 0 Å². The Kier molecular flexibility index (Phi) is 2.85. The molecule has 1 heterocycles. The van der Waals surface area contributed by atoms with Gasteiger partial charge < -0.3 is 5.32 Å². The van der Waals surface area contributed by atoms with Gasteiger partial charge in [0.05, 0.1) is 11.3 Å². The van der Waals surface area contributed by atoms with E-state index in [-0.39, 0.29) is 18.5 Å². The maximum Gasteiger partial charge on any atom is 0.299 e. The van der Waals surface area contributed by atoms with Crippen LogP contribution in [-0.2, 0) is 9.59 Å². The summed E-state index contributed by atoms with van der Waals surface area (Å²) in [4.78, 5) is 37.2.